The summed E-state index contributed by atoms with van der Waals surface area (Å²) in [7, 11) is 0. The summed E-state index contributed by atoms with van der Waals surface area (Å²) < 4.78 is 6.53. The van der Waals surface area contributed by atoms with E-state index in [1.165, 1.54) is 0 Å². The maximum atomic E-state index is 11.6. The second-order valence-electron chi connectivity index (χ2n) is 3.02. The molecule has 0 fully saturated rings. The van der Waals surface area contributed by atoms with Gasteiger partial charge in [0.2, 0.25) is 0 Å². The van der Waals surface area contributed by atoms with Gasteiger partial charge in [0.25, 0.3) is 0 Å². The van der Waals surface area contributed by atoms with Crippen LogP contribution in [-0.2, 0) is 0 Å². The zero-order valence-electron chi connectivity index (χ0n) is 7.05. The Labute approximate surface area is 90.4 Å². The van der Waals surface area contributed by atoms with Crippen molar-refractivity contribution >= 4 is 28.4 Å². The van der Waals surface area contributed by atoms with Gasteiger partial charge < -0.3 is 4.74 Å². The Balaban J connectivity index is 2.49. The van der Waals surface area contributed by atoms with E-state index in [4.69, 9.17) is 4.74 Å². The molecule has 0 saturated carbocycles. The molecule has 2 nitrogen and oxygen atoms in total. The summed E-state index contributed by atoms with van der Waals surface area (Å²) in [6.07, 6.45) is 1.43. The van der Waals surface area contributed by atoms with E-state index in [-0.39, 0.29) is 5.78 Å². The SMILES string of the molecule is O=C1CCCOc2ccc(I)cc21. The van der Waals surface area contributed by atoms with Gasteiger partial charge in [-0.2, -0.15) is 0 Å². The van der Waals surface area contributed by atoms with Gasteiger partial charge in [-0.15, -0.1) is 0 Å². The van der Waals surface area contributed by atoms with E-state index >= 15 is 0 Å². The molecule has 1 aliphatic heterocycles. The van der Waals surface area contributed by atoms with E-state index in [2.05, 4.69) is 22.6 Å². The Hall–Kier alpha value is -0.580. The number of hydrogen-bond acceptors (Lipinski definition) is 2. The third kappa shape index (κ3) is 1.85. The van der Waals surface area contributed by atoms with E-state index in [0.717, 1.165) is 21.3 Å². The molecule has 2 rings (SSSR count). The fraction of sp³-hybridized carbons (Fsp3) is 0.300. The summed E-state index contributed by atoms with van der Waals surface area (Å²) in [5.74, 6) is 0.939. The van der Waals surface area contributed by atoms with Crippen LogP contribution in [0, 0.1) is 3.57 Å². The van der Waals surface area contributed by atoms with Gasteiger partial charge in [0.05, 0.1) is 12.2 Å². The quantitative estimate of drug-likeness (QED) is 0.686. The Morgan fingerprint density at radius 1 is 1.38 bits per heavy atom. The lowest BCUT2D eigenvalue weighted by Gasteiger charge is -2.05. The second-order valence-corrected chi connectivity index (χ2v) is 4.26. The highest BCUT2D eigenvalue weighted by Crippen LogP contribution is 2.25. The smallest absolute Gasteiger partial charge is 0.166 e. The maximum Gasteiger partial charge on any atom is 0.166 e. The van der Waals surface area contributed by atoms with E-state index in [1.807, 2.05) is 18.2 Å². The second kappa shape index (κ2) is 3.65. The van der Waals surface area contributed by atoms with Crippen molar-refractivity contribution in [3.05, 3.63) is 27.3 Å². The Morgan fingerprint density at radius 3 is 3.08 bits per heavy atom. The lowest BCUT2D eigenvalue weighted by molar-refractivity contribution is 0.0983. The predicted molar refractivity (Wildman–Crippen MR) is 58.2 cm³/mol. The normalized spacial score (nSPS) is 15.9. The summed E-state index contributed by atoms with van der Waals surface area (Å²) in [4.78, 5) is 11.6. The first kappa shape index (κ1) is 8.99. The zero-order chi connectivity index (χ0) is 9.26. The molecule has 0 aliphatic carbocycles. The molecule has 1 aromatic carbocycles. The Kier molecular flexibility index (Phi) is 2.53. The van der Waals surface area contributed by atoms with Crippen molar-refractivity contribution < 1.29 is 9.53 Å². The average molecular weight is 288 g/mol. The number of benzene rings is 1. The highest BCUT2D eigenvalue weighted by molar-refractivity contribution is 14.1. The number of Topliss-reactive ketones (excluding diaryl/α,β-unsaturated/α-hetero) is 1. The molecule has 68 valence electrons. The van der Waals surface area contributed by atoms with E-state index < -0.39 is 0 Å². The number of carbonyl (C=O) groups excluding carboxylic acids is 1. The third-order valence-electron chi connectivity index (χ3n) is 2.05. The van der Waals surface area contributed by atoms with Crippen LogP contribution in [0.4, 0.5) is 0 Å². The number of rotatable bonds is 0. The lowest BCUT2D eigenvalue weighted by Crippen LogP contribution is -1.97. The van der Waals surface area contributed by atoms with Gasteiger partial charge in [-0.1, -0.05) is 0 Å². The molecular formula is C10H9IO2. The van der Waals surface area contributed by atoms with Crippen molar-refractivity contribution in [2.75, 3.05) is 6.61 Å². The maximum absolute atomic E-state index is 11.6. The third-order valence-corrected chi connectivity index (χ3v) is 2.72. The molecular weight excluding hydrogens is 279 g/mol. The van der Waals surface area contributed by atoms with Gasteiger partial charge in [0, 0.05) is 9.99 Å². The molecule has 3 heteroatoms. The van der Waals surface area contributed by atoms with Crippen LogP contribution in [0.5, 0.6) is 5.75 Å². The van der Waals surface area contributed by atoms with E-state index in [0.29, 0.717) is 13.0 Å². The van der Waals surface area contributed by atoms with Crippen LogP contribution in [-0.4, -0.2) is 12.4 Å². The van der Waals surface area contributed by atoms with Crippen LogP contribution < -0.4 is 4.74 Å². The average Bonchev–Trinajstić information content (AvgIpc) is 2.29. The molecule has 0 atom stereocenters. The number of ether oxygens (including phenoxy) is 1. The van der Waals surface area contributed by atoms with E-state index in [9.17, 15) is 4.79 Å². The van der Waals surface area contributed by atoms with Gasteiger partial charge in [0.15, 0.2) is 5.78 Å². The van der Waals surface area contributed by atoms with E-state index in [1.54, 1.807) is 0 Å². The number of ketones is 1. The van der Waals surface area contributed by atoms with Crippen molar-refractivity contribution in [2.45, 2.75) is 12.8 Å². The van der Waals surface area contributed by atoms with Gasteiger partial charge in [-0.3, -0.25) is 4.79 Å². The summed E-state index contributed by atoms with van der Waals surface area (Å²) >= 11 is 2.20. The highest BCUT2D eigenvalue weighted by atomic mass is 127. The molecule has 0 N–H and O–H groups in total. The predicted octanol–water partition coefficient (Wildman–Crippen LogP) is 2.65. The van der Waals surface area contributed by atoms with Crippen molar-refractivity contribution in [2.24, 2.45) is 0 Å². The molecule has 1 aromatic rings. The molecule has 1 aliphatic rings. The molecule has 0 radical (unpaired) electrons. The van der Waals surface area contributed by atoms with Crippen molar-refractivity contribution in [3.63, 3.8) is 0 Å². The first-order valence-corrected chi connectivity index (χ1v) is 5.31. The highest BCUT2D eigenvalue weighted by Gasteiger charge is 2.16. The zero-order valence-corrected chi connectivity index (χ0v) is 9.21. The summed E-state index contributed by atoms with van der Waals surface area (Å²) in [5, 5.41) is 0. The molecule has 0 saturated heterocycles. The van der Waals surface area contributed by atoms with Crippen LogP contribution in [0.3, 0.4) is 0 Å². The van der Waals surface area contributed by atoms with Crippen molar-refractivity contribution in [3.8, 4) is 5.75 Å². The first-order valence-electron chi connectivity index (χ1n) is 4.23. The minimum absolute atomic E-state index is 0.200. The Bertz CT molecular complexity index is 347. The number of hydrogen-bond donors (Lipinski definition) is 0. The van der Waals surface area contributed by atoms with Gasteiger partial charge in [-0.05, 0) is 47.2 Å². The summed E-state index contributed by atoms with van der Waals surface area (Å²) in [6, 6.07) is 5.72. The van der Waals surface area contributed by atoms with Crippen LogP contribution in [0.2, 0.25) is 0 Å². The van der Waals surface area contributed by atoms with Crippen LogP contribution in [0.15, 0.2) is 18.2 Å². The largest absolute Gasteiger partial charge is 0.493 e. The van der Waals surface area contributed by atoms with Gasteiger partial charge in [0.1, 0.15) is 5.75 Å². The van der Waals surface area contributed by atoms with Crippen LogP contribution in [0.25, 0.3) is 0 Å². The fourth-order valence-corrected chi connectivity index (χ4v) is 1.89. The van der Waals surface area contributed by atoms with Crippen LogP contribution in [0.1, 0.15) is 23.2 Å². The molecule has 0 bridgehead atoms. The molecule has 1 heterocycles. The minimum Gasteiger partial charge on any atom is -0.493 e. The van der Waals surface area contributed by atoms with Gasteiger partial charge >= 0.3 is 0 Å². The number of fused-ring (bicyclic) bond motifs is 1. The molecule has 0 unspecified atom stereocenters. The first-order chi connectivity index (χ1) is 6.27. The lowest BCUT2D eigenvalue weighted by atomic mass is 10.1. The van der Waals surface area contributed by atoms with Crippen LogP contribution >= 0.6 is 22.6 Å². The number of carbonyl (C=O) groups is 1. The standard InChI is InChI=1S/C10H9IO2/c11-7-3-4-10-8(6-7)9(12)2-1-5-13-10/h3-4,6H,1-2,5H2. The number of halogens is 1. The Morgan fingerprint density at radius 2 is 2.23 bits per heavy atom. The molecule has 13 heavy (non-hydrogen) atoms. The molecule has 0 aromatic heterocycles. The van der Waals surface area contributed by atoms with Crippen molar-refractivity contribution in [1.82, 2.24) is 0 Å². The van der Waals surface area contributed by atoms with Gasteiger partial charge in [-0.25, -0.2) is 0 Å². The van der Waals surface area contributed by atoms with Crippen molar-refractivity contribution in [1.29, 1.82) is 0 Å². The summed E-state index contributed by atoms with van der Waals surface area (Å²) in [5.41, 5.74) is 0.740. The molecule has 0 spiro atoms. The fourth-order valence-electron chi connectivity index (χ4n) is 1.40. The topological polar surface area (TPSA) is 26.3 Å². The monoisotopic (exact) mass is 288 g/mol. The molecule has 0 amide bonds. The minimum atomic E-state index is 0.200. The summed E-state index contributed by atoms with van der Waals surface area (Å²) in [6.45, 7) is 0.652.